The van der Waals surface area contributed by atoms with E-state index in [1.165, 1.54) is 30.5 Å². The summed E-state index contributed by atoms with van der Waals surface area (Å²) in [6.07, 6.45) is 7.52. The molecule has 0 bridgehead atoms. The van der Waals surface area contributed by atoms with Crippen LogP contribution in [-0.2, 0) is 4.79 Å². The second-order valence-corrected chi connectivity index (χ2v) is 5.75. The van der Waals surface area contributed by atoms with Crippen molar-refractivity contribution in [1.82, 2.24) is 4.90 Å². The Balaban J connectivity index is 2.08. The van der Waals surface area contributed by atoms with E-state index in [0.29, 0.717) is 11.8 Å². The van der Waals surface area contributed by atoms with E-state index in [0.717, 1.165) is 19.4 Å². The molecule has 0 aromatic carbocycles. The Kier molecular flexibility index (Phi) is 2.04. The van der Waals surface area contributed by atoms with Gasteiger partial charge in [-0.25, -0.2) is 0 Å². The fourth-order valence-electron chi connectivity index (χ4n) is 3.76. The summed E-state index contributed by atoms with van der Waals surface area (Å²) in [5.74, 6) is 0.812. The highest BCUT2D eigenvalue weighted by molar-refractivity contribution is 5.84. The third-order valence-electron chi connectivity index (χ3n) is 4.49. The van der Waals surface area contributed by atoms with Gasteiger partial charge in [0.15, 0.2) is 0 Å². The van der Waals surface area contributed by atoms with Crippen molar-refractivity contribution in [3.05, 3.63) is 23.9 Å². The first-order valence-corrected chi connectivity index (χ1v) is 6.29. The van der Waals surface area contributed by atoms with Crippen molar-refractivity contribution < 1.29 is 4.79 Å². The lowest BCUT2D eigenvalue weighted by atomic mass is 9.72. The van der Waals surface area contributed by atoms with Gasteiger partial charge in [-0.2, -0.15) is 0 Å². The Morgan fingerprint density at radius 3 is 3.12 bits per heavy atom. The predicted molar refractivity (Wildman–Crippen MR) is 63.6 cm³/mol. The molecule has 0 N–H and O–H groups in total. The molecule has 2 heteroatoms. The number of hydrogen-bond acceptors (Lipinski definition) is 1. The Morgan fingerprint density at radius 1 is 1.56 bits per heavy atom. The maximum Gasteiger partial charge on any atom is 0.227 e. The number of carbonyl (C=O) groups is 1. The van der Waals surface area contributed by atoms with Gasteiger partial charge in [-0.1, -0.05) is 13.0 Å². The van der Waals surface area contributed by atoms with Crippen molar-refractivity contribution >= 4 is 5.91 Å². The molecule has 3 rings (SSSR count). The minimum Gasteiger partial charge on any atom is -0.315 e. The van der Waals surface area contributed by atoms with Gasteiger partial charge in [0.1, 0.15) is 0 Å². The summed E-state index contributed by atoms with van der Waals surface area (Å²) in [5, 5.41) is 0. The number of carbonyl (C=O) groups excluding carboxylic acids is 1. The van der Waals surface area contributed by atoms with Crippen LogP contribution < -0.4 is 0 Å². The highest BCUT2D eigenvalue weighted by Gasteiger charge is 2.49. The van der Waals surface area contributed by atoms with Gasteiger partial charge in [0.25, 0.3) is 0 Å². The number of hydrogen-bond donors (Lipinski definition) is 0. The molecule has 3 aliphatic rings. The van der Waals surface area contributed by atoms with Gasteiger partial charge in [-0.15, -0.1) is 6.58 Å². The van der Waals surface area contributed by atoms with Gasteiger partial charge in [0.2, 0.25) is 5.91 Å². The van der Waals surface area contributed by atoms with Gasteiger partial charge >= 0.3 is 0 Å². The lowest BCUT2D eigenvalue weighted by Crippen LogP contribution is -2.36. The summed E-state index contributed by atoms with van der Waals surface area (Å²) in [7, 11) is 0. The fourth-order valence-corrected chi connectivity index (χ4v) is 3.76. The maximum absolute atomic E-state index is 12.1. The zero-order valence-electron chi connectivity index (χ0n) is 9.96. The van der Waals surface area contributed by atoms with Crippen molar-refractivity contribution in [1.29, 1.82) is 0 Å². The number of rotatable bonds is 1. The lowest BCUT2D eigenvalue weighted by Gasteiger charge is -2.40. The Hall–Kier alpha value is -1.05. The van der Waals surface area contributed by atoms with E-state index in [1.54, 1.807) is 0 Å². The molecule has 2 atom stereocenters. The largest absolute Gasteiger partial charge is 0.315 e. The van der Waals surface area contributed by atoms with Crippen LogP contribution in [0.4, 0.5) is 0 Å². The monoisotopic (exact) mass is 217 g/mol. The SMILES string of the molecule is C=CC1CC2=C3N(C1)C(=O)CC3(C)CCC2. The molecule has 0 aromatic heterocycles. The van der Waals surface area contributed by atoms with Crippen molar-refractivity contribution in [3.63, 3.8) is 0 Å². The van der Waals surface area contributed by atoms with E-state index in [4.69, 9.17) is 0 Å². The topological polar surface area (TPSA) is 20.3 Å². The van der Waals surface area contributed by atoms with Gasteiger partial charge in [-0.05, 0) is 37.2 Å². The van der Waals surface area contributed by atoms with Crippen LogP contribution in [0.2, 0.25) is 0 Å². The van der Waals surface area contributed by atoms with Crippen molar-refractivity contribution in [2.24, 2.45) is 11.3 Å². The van der Waals surface area contributed by atoms with Gasteiger partial charge in [-0.3, -0.25) is 4.79 Å². The van der Waals surface area contributed by atoms with E-state index in [-0.39, 0.29) is 5.41 Å². The minimum absolute atomic E-state index is 0.163. The van der Waals surface area contributed by atoms with E-state index < -0.39 is 0 Å². The van der Waals surface area contributed by atoms with Gasteiger partial charge in [0.05, 0.1) is 0 Å². The normalized spacial score (nSPS) is 37.7. The molecular weight excluding hydrogens is 198 g/mol. The summed E-state index contributed by atoms with van der Waals surface area (Å²) < 4.78 is 0. The predicted octanol–water partition coefficient (Wildman–Crippen LogP) is 2.87. The summed E-state index contributed by atoms with van der Waals surface area (Å²) in [6.45, 7) is 7.03. The van der Waals surface area contributed by atoms with Crippen LogP contribution in [0.15, 0.2) is 23.9 Å². The van der Waals surface area contributed by atoms with E-state index in [1.807, 2.05) is 6.08 Å². The van der Waals surface area contributed by atoms with Crippen molar-refractivity contribution in [2.75, 3.05) is 6.54 Å². The van der Waals surface area contributed by atoms with Crippen LogP contribution >= 0.6 is 0 Å². The molecule has 0 radical (unpaired) electrons. The summed E-state index contributed by atoms with van der Waals surface area (Å²) in [4.78, 5) is 14.1. The summed E-state index contributed by atoms with van der Waals surface area (Å²) in [6, 6.07) is 0. The quantitative estimate of drug-likeness (QED) is 0.618. The maximum atomic E-state index is 12.1. The molecule has 0 saturated carbocycles. The Labute approximate surface area is 97.0 Å². The van der Waals surface area contributed by atoms with Crippen LogP contribution in [0, 0.1) is 11.3 Å². The lowest BCUT2D eigenvalue weighted by molar-refractivity contribution is -0.127. The molecule has 0 spiro atoms. The van der Waals surface area contributed by atoms with E-state index in [2.05, 4.69) is 18.4 Å². The fraction of sp³-hybridized carbons (Fsp3) is 0.643. The molecule has 1 saturated heterocycles. The molecule has 2 unspecified atom stereocenters. The zero-order valence-corrected chi connectivity index (χ0v) is 9.96. The van der Waals surface area contributed by atoms with Crippen LogP contribution in [0.3, 0.4) is 0 Å². The Morgan fingerprint density at radius 2 is 2.38 bits per heavy atom. The Bertz CT molecular complexity index is 396. The van der Waals surface area contributed by atoms with E-state index >= 15 is 0 Å². The molecule has 16 heavy (non-hydrogen) atoms. The average Bonchev–Trinajstić information content (AvgIpc) is 2.52. The van der Waals surface area contributed by atoms with Gasteiger partial charge < -0.3 is 4.90 Å². The van der Waals surface area contributed by atoms with Crippen LogP contribution in [0.25, 0.3) is 0 Å². The number of allylic oxidation sites excluding steroid dienone is 2. The van der Waals surface area contributed by atoms with Crippen LogP contribution in [0.5, 0.6) is 0 Å². The zero-order chi connectivity index (χ0) is 11.3. The number of nitrogens with zero attached hydrogens (tertiary/aromatic N) is 1. The molecule has 86 valence electrons. The molecule has 0 aromatic rings. The third-order valence-corrected chi connectivity index (χ3v) is 4.49. The van der Waals surface area contributed by atoms with E-state index in [9.17, 15) is 4.79 Å². The average molecular weight is 217 g/mol. The first-order valence-electron chi connectivity index (χ1n) is 6.29. The van der Waals surface area contributed by atoms with Crippen molar-refractivity contribution in [3.8, 4) is 0 Å². The highest BCUT2D eigenvalue weighted by atomic mass is 16.2. The van der Waals surface area contributed by atoms with Gasteiger partial charge in [0, 0.05) is 24.1 Å². The molecule has 2 heterocycles. The minimum atomic E-state index is 0.163. The molecular formula is C14H19NO. The highest BCUT2D eigenvalue weighted by Crippen LogP contribution is 2.53. The molecule has 1 fully saturated rings. The second-order valence-electron chi connectivity index (χ2n) is 5.75. The molecule has 1 amide bonds. The smallest absolute Gasteiger partial charge is 0.227 e. The van der Waals surface area contributed by atoms with Crippen LogP contribution in [0.1, 0.15) is 39.0 Å². The molecule has 2 aliphatic heterocycles. The number of amides is 1. The van der Waals surface area contributed by atoms with Crippen molar-refractivity contribution in [2.45, 2.75) is 39.0 Å². The van der Waals surface area contributed by atoms with Crippen LogP contribution in [-0.4, -0.2) is 17.4 Å². The second kappa shape index (κ2) is 3.22. The molecule has 1 aliphatic carbocycles. The molecule has 2 nitrogen and oxygen atoms in total. The summed E-state index contributed by atoms with van der Waals surface area (Å²) in [5.41, 5.74) is 3.09. The standard InChI is InChI=1S/C14H19NO/c1-3-10-7-11-5-4-6-14(2)8-12(16)15(9-10)13(11)14/h3,10H,1,4-9H2,2H3. The summed E-state index contributed by atoms with van der Waals surface area (Å²) >= 11 is 0. The first kappa shape index (κ1) is 10.1. The first-order chi connectivity index (χ1) is 7.64. The third kappa shape index (κ3) is 1.22.